The van der Waals surface area contributed by atoms with E-state index in [2.05, 4.69) is 16.4 Å². The average Bonchev–Trinajstić information content (AvgIpc) is 3.12. The van der Waals surface area contributed by atoms with Crippen LogP contribution in [0.2, 0.25) is 0 Å². The lowest BCUT2D eigenvalue weighted by atomic mass is 10.2. The first-order valence-electron chi connectivity index (χ1n) is 9.23. The summed E-state index contributed by atoms with van der Waals surface area (Å²) in [6.45, 7) is 4.41. The number of thioether (sulfide) groups is 1. The van der Waals surface area contributed by atoms with Gasteiger partial charge in [-0.3, -0.25) is 4.79 Å². The Balaban J connectivity index is 1.76. The van der Waals surface area contributed by atoms with Crippen LogP contribution in [0, 0.1) is 18.3 Å². The number of rotatable bonds is 8. The molecular weight excluding hydrogens is 402 g/mol. The van der Waals surface area contributed by atoms with Crippen molar-refractivity contribution in [3.05, 3.63) is 59.1 Å². The molecule has 0 radical (unpaired) electrons. The number of ether oxygens (including phenoxy) is 1. The van der Waals surface area contributed by atoms with Gasteiger partial charge in [-0.15, -0.1) is 23.1 Å². The van der Waals surface area contributed by atoms with Crippen molar-refractivity contribution in [2.24, 2.45) is 0 Å². The molecule has 3 aromatic rings. The predicted octanol–water partition coefficient (Wildman–Crippen LogP) is 5.78. The molecule has 0 atom stereocenters. The van der Waals surface area contributed by atoms with E-state index in [1.54, 1.807) is 11.8 Å². The minimum Gasteiger partial charge on any atom is -0.494 e. The largest absolute Gasteiger partial charge is 0.494 e. The lowest BCUT2D eigenvalue weighted by Crippen LogP contribution is -2.12. The number of hydrogen-bond donors (Lipinski definition) is 1. The van der Waals surface area contributed by atoms with Gasteiger partial charge in [0.05, 0.1) is 24.1 Å². The van der Waals surface area contributed by atoms with Gasteiger partial charge in [0.2, 0.25) is 0 Å². The highest BCUT2D eigenvalue weighted by Crippen LogP contribution is 2.31. The van der Waals surface area contributed by atoms with E-state index in [9.17, 15) is 4.79 Å². The number of carbonyl (C=O) groups is 1. The van der Waals surface area contributed by atoms with E-state index >= 15 is 0 Å². The molecule has 148 valence electrons. The number of nitriles is 1. The summed E-state index contributed by atoms with van der Waals surface area (Å²) < 4.78 is 5.48. The molecule has 0 fully saturated rings. The third-order valence-corrected chi connectivity index (χ3v) is 6.30. The number of anilines is 1. The molecule has 1 aromatic heterocycles. The normalized spacial score (nSPS) is 10.4. The molecule has 0 aliphatic heterocycles. The van der Waals surface area contributed by atoms with Gasteiger partial charge in [-0.1, -0.05) is 12.1 Å². The maximum absolute atomic E-state index is 12.9. The Kier molecular flexibility index (Phi) is 7.28. The van der Waals surface area contributed by atoms with Gasteiger partial charge in [0, 0.05) is 22.6 Å². The first kappa shape index (κ1) is 20.9. The maximum Gasteiger partial charge on any atom is 0.267 e. The summed E-state index contributed by atoms with van der Waals surface area (Å²) in [6.07, 6.45) is 0.465. The number of aromatic nitrogens is 1. The number of aryl methyl sites for hydroxylation is 1. The zero-order chi connectivity index (χ0) is 20.6. The topological polar surface area (TPSA) is 75.0 Å². The van der Waals surface area contributed by atoms with E-state index in [1.165, 1.54) is 11.3 Å². The Morgan fingerprint density at radius 2 is 2.00 bits per heavy atom. The smallest absolute Gasteiger partial charge is 0.267 e. The van der Waals surface area contributed by atoms with Crippen LogP contribution in [-0.4, -0.2) is 23.3 Å². The van der Waals surface area contributed by atoms with Crippen LogP contribution in [-0.2, 0) is 0 Å². The van der Waals surface area contributed by atoms with Crippen LogP contribution in [0.3, 0.4) is 0 Å². The van der Waals surface area contributed by atoms with Crippen LogP contribution >= 0.6 is 23.1 Å². The molecule has 0 bridgehead atoms. The molecule has 5 nitrogen and oxygen atoms in total. The molecule has 0 spiro atoms. The van der Waals surface area contributed by atoms with Crippen LogP contribution < -0.4 is 10.1 Å². The zero-order valence-electron chi connectivity index (χ0n) is 16.3. The second-order valence-electron chi connectivity index (χ2n) is 6.10. The lowest BCUT2D eigenvalue weighted by molar-refractivity contribution is 0.102. The van der Waals surface area contributed by atoms with Gasteiger partial charge >= 0.3 is 0 Å². The molecule has 2 aromatic carbocycles. The standard InChI is InChI=1S/C22H21N3O2S2/c1-3-27-17-11-9-16(10-12-17)22-24-15(2)20(29-22)21(26)25-18-7-4-5-8-19(18)28-14-6-13-23/h4-5,7-12H,3,6,14H2,1-2H3,(H,25,26). The third kappa shape index (κ3) is 5.37. The first-order valence-corrected chi connectivity index (χ1v) is 11.0. The van der Waals surface area contributed by atoms with Crippen LogP contribution in [0.5, 0.6) is 5.75 Å². The van der Waals surface area contributed by atoms with Crippen molar-refractivity contribution in [3.63, 3.8) is 0 Å². The fourth-order valence-electron chi connectivity index (χ4n) is 2.67. The number of amides is 1. The first-order chi connectivity index (χ1) is 14.1. The Bertz CT molecular complexity index is 1020. The molecular formula is C22H21N3O2S2. The Hall–Kier alpha value is -2.82. The van der Waals surface area contributed by atoms with Crippen molar-refractivity contribution in [1.82, 2.24) is 4.98 Å². The molecule has 0 aliphatic rings. The molecule has 0 saturated carbocycles. The summed E-state index contributed by atoms with van der Waals surface area (Å²) in [5.41, 5.74) is 2.40. The SMILES string of the molecule is CCOc1ccc(-c2nc(C)c(C(=O)Nc3ccccc3SCCC#N)s2)cc1. The van der Waals surface area contributed by atoms with Gasteiger partial charge in [-0.05, 0) is 50.2 Å². The maximum atomic E-state index is 12.9. The molecule has 0 saturated heterocycles. The summed E-state index contributed by atoms with van der Waals surface area (Å²) in [7, 11) is 0. The molecule has 1 N–H and O–H groups in total. The van der Waals surface area contributed by atoms with Crippen molar-refractivity contribution in [1.29, 1.82) is 5.26 Å². The number of nitrogens with zero attached hydrogens (tertiary/aromatic N) is 2. The number of thiazole rings is 1. The summed E-state index contributed by atoms with van der Waals surface area (Å²) in [6, 6.07) is 17.5. The lowest BCUT2D eigenvalue weighted by Gasteiger charge is -2.09. The molecule has 1 heterocycles. The number of benzene rings is 2. The Morgan fingerprint density at radius 3 is 2.72 bits per heavy atom. The van der Waals surface area contributed by atoms with Gasteiger partial charge in [0.1, 0.15) is 15.6 Å². The monoisotopic (exact) mass is 423 g/mol. The van der Waals surface area contributed by atoms with Gasteiger partial charge in [-0.25, -0.2) is 4.98 Å². The van der Waals surface area contributed by atoms with E-state index in [1.807, 2.05) is 62.4 Å². The molecule has 3 rings (SSSR count). The molecule has 29 heavy (non-hydrogen) atoms. The predicted molar refractivity (Wildman–Crippen MR) is 119 cm³/mol. The highest BCUT2D eigenvalue weighted by atomic mass is 32.2. The van der Waals surface area contributed by atoms with Gasteiger partial charge in [-0.2, -0.15) is 5.26 Å². The van der Waals surface area contributed by atoms with Crippen molar-refractivity contribution in [3.8, 4) is 22.4 Å². The number of nitrogens with one attached hydrogen (secondary N) is 1. The van der Waals surface area contributed by atoms with Crippen molar-refractivity contribution >= 4 is 34.7 Å². The van der Waals surface area contributed by atoms with Crippen LogP contribution in [0.1, 0.15) is 28.7 Å². The van der Waals surface area contributed by atoms with Gasteiger partial charge < -0.3 is 10.1 Å². The number of para-hydroxylation sites is 1. The fourth-order valence-corrected chi connectivity index (χ4v) is 4.50. The number of hydrogen-bond acceptors (Lipinski definition) is 6. The van der Waals surface area contributed by atoms with Crippen LogP contribution in [0.4, 0.5) is 5.69 Å². The summed E-state index contributed by atoms with van der Waals surface area (Å²) in [5, 5.41) is 12.5. The van der Waals surface area contributed by atoms with Crippen LogP contribution in [0.15, 0.2) is 53.4 Å². The Labute approximate surface area is 178 Å². The van der Waals surface area contributed by atoms with E-state index in [4.69, 9.17) is 10.00 Å². The van der Waals surface area contributed by atoms with E-state index < -0.39 is 0 Å². The summed E-state index contributed by atoms with van der Waals surface area (Å²) in [4.78, 5) is 19.0. The van der Waals surface area contributed by atoms with Crippen molar-refractivity contribution in [2.75, 3.05) is 17.7 Å². The Morgan fingerprint density at radius 1 is 1.24 bits per heavy atom. The van der Waals surface area contributed by atoms with Crippen molar-refractivity contribution < 1.29 is 9.53 Å². The highest BCUT2D eigenvalue weighted by Gasteiger charge is 2.17. The highest BCUT2D eigenvalue weighted by molar-refractivity contribution is 7.99. The van der Waals surface area contributed by atoms with Crippen molar-refractivity contribution in [2.45, 2.75) is 25.2 Å². The van der Waals surface area contributed by atoms with E-state index in [0.29, 0.717) is 29.4 Å². The summed E-state index contributed by atoms with van der Waals surface area (Å²) in [5.74, 6) is 1.32. The minimum atomic E-state index is -0.175. The second kappa shape index (κ2) is 10.1. The second-order valence-corrected chi connectivity index (χ2v) is 8.23. The quantitative estimate of drug-likeness (QED) is 0.367. The molecule has 1 amide bonds. The van der Waals surface area contributed by atoms with Gasteiger partial charge in [0.15, 0.2) is 0 Å². The zero-order valence-corrected chi connectivity index (χ0v) is 17.9. The van der Waals surface area contributed by atoms with Crippen LogP contribution in [0.25, 0.3) is 10.6 Å². The third-order valence-electron chi connectivity index (χ3n) is 4.02. The summed E-state index contributed by atoms with van der Waals surface area (Å²) >= 11 is 2.93. The average molecular weight is 424 g/mol. The molecule has 0 aliphatic carbocycles. The van der Waals surface area contributed by atoms with Gasteiger partial charge in [0.25, 0.3) is 5.91 Å². The molecule has 0 unspecified atom stereocenters. The fraction of sp³-hybridized carbons (Fsp3) is 0.227. The minimum absolute atomic E-state index is 0.175. The van der Waals surface area contributed by atoms with E-state index in [-0.39, 0.29) is 5.91 Å². The van der Waals surface area contributed by atoms with E-state index in [0.717, 1.165) is 26.9 Å². The molecule has 7 heteroatoms. The number of carbonyl (C=O) groups excluding carboxylic acids is 1.